The molecule has 2 rings (SSSR count). The molecule has 1 aromatic carbocycles. The molecule has 1 aromatic rings. The van der Waals surface area contributed by atoms with Gasteiger partial charge in [-0.1, -0.05) is 0 Å². The van der Waals surface area contributed by atoms with E-state index in [0.717, 1.165) is 32.0 Å². The highest BCUT2D eigenvalue weighted by Gasteiger charge is 2.34. The standard InChI is InChI=1S/C16H19F5N2O/c1-15(17,18)11-7-12(16(19,20)21)9-13(8-11)23-14(24)6-10-2-4-22-5-3-10/h7-10,22H,2-6H2,1H3,(H,23,24). The van der Waals surface area contributed by atoms with E-state index in [9.17, 15) is 26.7 Å². The van der Waals surface area contributed by atoms with E-state index >= 15 is 0 Å². The van der Waals surface area contributed by atoms with Gasteiger partial charge in [0.15, 0.2) is 0 Å². The van der Waals surface area contributed by atoms with Gasteiger partial charge in [0.1, 0.15) is 0 Å². The lowest BCUT2D eigenvalue weighted by atomic mass is 9.94. The van der Waals surface area contributed by atoms with Crippen molar-refractivity contribution < 1.29 is 26.7 Å². The molecule has 1 aliphatic rings. The number of hydrogen-bond donors (Lipinski definition) is 2. The number of hydrogen-bond acceptors (Lipinski definition) is 2. The molecule has 3 nitrogen and oxygen atoms in total. The smallest absolute Gasteiger partial charge is 0.326 e. The van der Waals surface area contributed by atoms with Crippen LogP contribution in [0.15, 0.2) is 18.2 Å². The first-order valence-electron chi connectivity index (χ1n) is 7.67. The van der Waals surface area contributed by atoms with Gasteiger partial charge in [0.2, 0.25) is 5.91 Å². The molecule has 134 valence electrons. The highest BCUT2D eigenvalue weighted by Crippen LogP contribution is 2.36. The topological polar surface area (TPSA) is 41.1 Å². The molecule has 0 radical (unpaired) electrons. The quantitative estimate of drug-likeness (QED) is 0.801. The molecule has 0 bridgehead atoms. The van der Waals surface area contributed by atoms with Crippen molar-refractivity contribution in [2.24, 2.45) is 5.92 Å². The van der Waals surface area contributed by atoms with Crippen molar-refractivity contribution in [3.63, 3.8) is 0 Å². The van der Waals surface area contributed by atoms with Gasteiger partial charge in [0.05, 0.1) is 5.56 Å². The third kappa shape index (κ3) is 5.15. The van der Waals surface area contributed by atoms with Crippen molar-refractivity contribution in [1.29, 1.82) is 0 Å². The van der Waals surface area contributed by atoms with E-state index in [1.54, 1.807) is 0 Å². The summed E-state index contributed by atoms with van der Waals surface area (Å²) in [5.74, 6) is -3.76. The molecule has 1 fully saturated rings. The summed E-state index contributed by atoms with van der Waals surface area (Å²) < 4.78 is 65.5. The third-order valence-corrected chi connectivity index (χ3v) is 3.98. The number of anilines is 1. The molecule has 0 spiro atoms. The molecule has 0 aliphatic carbocycles. The van der Waals surface area contributed by atoms with Crippen LogP contribution in [0.1, 0.15) is 37.3 Å². The SMILES string of the molecule is CC(F)(F)c1cc(NC(=O)CC2CCNCC2)cc(C(F)(F)F)c1. The summed E-state index contributed by atoms with van der Waals surface area (Å²) in [6.07, 6.45) is -3.01. The zero-order valence-electron chi connectivity index (χ0n) is 13.1. The van der Waals surface area contributed by atoms with Gasteiger partial charge >= 0.3 is 6.18 Å². The number of alkyl halides is 5. The largest absolute Gasteiger partial charge is 0.416 e. The summed E-state index contributed by atoms with van der Waals surface area (Å²) in [6.45, 7) is 2.09. The molecule has 24 heavy (non-hydrogen) atoms. The van der Waals surface area contributed by atoms with E-state index in [-0.39, 0.29) is 18.0 Å². The Morgan fingerprint density at radius 2 is 1.71 bits per heavy atom. The van der Waals surface area contributed by atoms with Crippen molar-refractivity contribution >= 4 is 11.6 Å². The number of nitrogens with one attached hydrogen (secondary N) is 2. The summed E-state index contributed by atoms with van der Waals surface area (Å²) in [7, 11) is 0. The van der Waals surface area contributed by atoms with E-state index < -0.39 is 29.1 Å². The van der Waals surface area contributed by atoms with Crippen molar-refractivity contribution in [2.75, 3.05) is 18.4 Å². The second-order valence-electron chi connectivity index (χ2n) is 6.13. The lowest BCUT2D eigenvalue weighted by molar-refractivity contribution is -0.137. The van der Waals surface area contributed by atoms with Crippen LogP contribution in [0.2, 0.25) is 0 Å². The number of piperidine rings is 1. The number of benzene rings is 1. The molecule has 1 heterocycles. The maximum atomic E-state index is 13.4. The molecule has 0 aromatic heterocycles. The van der Waals surface area contributed by atoms with Gasteiger partial charge in [-0.15, -0.1) is 0 Å². The van der Waals surface area contributed by atoms with Gasteiger partial charge in [-0.2, -0.15) is 13.2 Å². The summed E-state index contributed by atoms with van der Waals surface area (Å²) in [4.78, 5) is 12.0. The molecular weight excluding hydrogens is 331 g/mol. The molecule has 2 N–H and O–H groups in total. The van der Waals surface area contributed by atoms with E-state index in [4.69, 9.17) is 0 Å². The molecule has 0 atom stereocenters. The van der Waals surface area contributed by atoms with Crippen LogP contribution >= 0.6 is 0 Å². The first-order valence-corrected chi connectivity index (χ1v) is 7.67. The Morgan fingerprint density at radius 3 is 2.25 bits per heavy atom. The first-order chi connectivity index (χ1) is 11.1. The van der Waals surface area contributed by atoms with Crippen LogP contribution < -0.4 is 10.6 Å². The van der Waals surface area contributed by atoms with E-state index in [1.165, 1.54) is 0 Å². The monoisotopic (exact) mass is 350 g/mol. The molecule has 0 saturated carbocycles. The van der Waals surface area contributed by atoms with Crippen LogP contribution in [-0.2, 0) is 16.9 Å². The predicted molar refractivity (Wildman–Crippen MR) is 79.9 cm³/mol. The highest BCUT2D eigenvalue weighted by atomic mass is 19.4. The average Bonchev–Trinajstić information content (AvgIpc) is 2.46. The average molecular weight is 350 g/mol. The Kier molecular flexibility index (Phi) is 5.47. The Labute approximate surface area is 136 Å². The fourth-order valence-electron chi connectivity index (χ4n) is 2.68. The van der Waals surface area contributed by atoms with Gasteiger partial charge in [0.25, 0.3) is 5.92 Å². The number of amides is 1. The summed E-state index contributed by atoms with van der Waals surface area (Å²) in [6, 6.07) is 1.97. The van der Waals surface area contributed by atoms with Crippen molar-refractivity contribution in [3.05, 3.63) is 29.3 Å². The fourth-order valence-corrected chi connectivity index (χ4v) is 2.68. The van der Waals surface area contributed by atoms with Gasteiger partial charge in [-0.05, 0) is 50.0 Å². The minimum absolute atomic E-state index is 0.143. The summed E-state index contributed by atoms with van der Waals surface area (Å²) in [5.41, 5.74) is -2.26. The molecule has 1 amide bonds. The molecular formula is C16H19F5N2O. The number of halogens is 5. The summed E-state index contributed by atoms with van der Waals surface area (Å²) in [5, 5.41) is 5.47. The van der Waals surface area contributed by atoms with Crippen LogP contribution in [0.25, 0.3) is 0 Å². The van der Waals surface area contributed by atoms with Crippen LogP contribution in [0.5, 0.6) is 0 Å². The van der Waals surface area contributed by atoms with Crippen LogP contribution in [0, 0.1) is 5.92 Å². The van der Waals surface area contributed by atoms with Gasteiger partial charge in [-0.3, -0.25) is 4.79 Å². The van der Waals surface area contributed by atoms with Gasteiger partial charge in [0, 0.05) is 24.6 Å². The van der Waals surface area contributed by atoms with Crippen molar-refractivity contribution in [3.8, 4) is 0 Å². The Bertz CT molecular complexity index is 557. The number of rotatable bonds is 4. The van der Waals surface area contributed by atoms with Gasteiger partial charge in [-0.25, -0.2) is 8.78 Å². The zero-order valence-corrected chi connectivity index (χ0v) is 13.1. The number of carbonyl (C=O) groups excluding carboxylic acids is 1. The van der Waals surface area contributed by atoms with E-state index in [0.29, 0.717) is 19.1 Å². The highest BCUT2D eigenvalue weighted by molar-refractivity contribution is 5.91. The Balaban J connectivity index is 2.17. The lowest BCUT2D eigenvalue weighted by Gasteiger charge is -2.22. The van der Waals surface area contributed by atoms with Crippen LogP contribution in [-0.4, -0.2) is 19.0 Å². The minimum atomic E-state index is -4.77. The Hall–Kier alpha value is -1.70. The lowest BCUT2D eigenvalue weighted by Crippen LogP contribution is -2.30. The number of carbonyl (C=O) groups is 1. The minimum Gasteiger partial charge on any atom is -0.326 e. The maximum Gasteiger partial charge on any atom is 0.416 e. The maximum absolute atomic E-state index is 13.4. The van der Waals surface area contributed by atoms with Gasteiger partial charge < -0.3 is 10.6 Å². The molecule has 1 saturated heterocycles. The molecule has 8 heteroatoms. The van der Waals surface area contributed by atoms with Crippen LogP contribution in [0.4, 0.5) is 27.6 Å². The second kappa shape index (κ2) is 7.04. The van der Waals surface area contributed by atoms with E-state index in [1.807, 2.05) is 0 Å². The normalized spacial score (nSPS) is 16.9. The molecule has 0 unspecified atom stereocenters. The zero-order chi connectivity index (χ0) is 18.0. The van der Waals surface area contributed by atoms with Crippen LogP contribution in [0.3, 0.4) is 0 Å². The predicted octanol–water partition coefficient (Wildman–Crippen LogP) is 4.15. The third-order valence-electron chi connectivity index (χ3n) is 3.98. The fraction of sp³-hybridized carbons (Fsp3) is 0.562. The Morgan fingerprint density at radius 1 is 1.12 bits per heavy atom. The van der Waals surface area contributed by atoms with E-state index in [2.05, 4.69) is 10.6 Å². The van der Waals surface area contributed by atoms with Crippen molar-refractivity contribution in [2.45, 2.75) is 38.3 Å². The molecule has 1 aliphatic heterocycles. The first kappa shape index (κ1) is 18.6. The second-order valence-corrected chi connectivity index (χ2v) is 6.13. The van der Waals surface area contributed by atoms with Crippen molar-refractivity contribution in [1.82, 2.24) is 5.32 Å². The summed E-state index contributed by atoms with van der Waals surface area (Å²) >= 11 is 0.